The van der Waals surface area contributed by atoms with Crippen LogP contribution in [-0.2, 0) is 42.2 Å². The van der Waals surface area contributed by atoms with E-state index in [1.54, 1.807) is 6.92 Å². The van der Waals surface area contributed by atoms with Gasteiger partial charge in [0.25, 0.3) is 0 Å². The molecular formula is C53H99N2O10P. The van der Waals surface area contributed by atoms with E-state index in [-0.39, 0.29) is 79.3 Å². The maximum absolute atomic E-state index is 13.4. The van der Waals surface area contributed by atoms with Crippen LogP contribution in [-0.4, -0.2) is 86.4 Å². The summed E-state index contributed by atoms with van der Waals surface area (Å²) < 4.78 is 40.7. The molecule has 0 saturated carbocycles. The number of phosphoric ester groups is 1. The third kappa shape index (κ3) is 35.1. The number of nitrogens with zero attached hydrogens (tertiary/aromatic N) is 1. The molecule has 0 amide bonds. The number of phosphoric acid groups is 1. The number of hydrogen-bond donors (Lipinski definition) is 2. The van der Waals surface area contributed by atoms with E-state index in [2.05, 4.69) is 65.8 Å². The lowest BCUT2D eigenvalue weighted by Crippen LogP contribution is -2.46. The van der Waals surface area contributed by atoms with Crippen molar-refractivity contribution < 1.29 is 47.1 Å². The average molecular weight is 955 g/mol. The van der Waals surface area contributed by atoms with Crippen molar-refractivity contribution in [2.75, 3.05) is 47.1 Å². The molecule has 1 heterocycles. The number of hydrogen-bond acceptors (Lipinski definition) is 11. The minimum Gasteiger partial charge on any atom is -0.465 e. The van der Waals surface area contributed by atoms with Crippen LogP contribution >= 0.6 is 7.82 Å². The fourth-order valence-corrected chi connectivity index (χ4v) is 10.7. The summed E-state index contributed by atoms with van der Waals surface area (Å²) >= 11 is 0. The molecule has 1 rings (SSSR count). The van der Waals surface area contributed by atoms with E-state index < -0.39 is 18.8 Å². The van der Waals surface area contributed by atoms with Gasteiger partial charge in [0.05, 0.1) is 45.7 Å². The third-order valence-electron chi connectivity index (χ3n) is 12.1. The van der Waals surface area contributed by atoms with Crippen LogP contribution in [0.5, 0.6) is 0 Å². The number of nitrogens with two attached hydrogens (primary N) is 1. The zero-order valence-electron chi connectivity index (χ0n) is 43.9. The molecule has 0 aromatic rings. The largest absolute Gasteiger partial charge is 0.472 e. The first kappa shape index (κ1) is 61.9. The smallest absolute Gasteiger partial charge is 0.465 e. The summed E-state index contributed by atoms with van der Waals surface area (Å²) in [6.07, 6.45) is 28.6. The van der Waals surface area contributed by atoms with Gasteiger partial charge >= 0.3 is 25.7 Å². The maximum atomic E-state index is 13.4. The Bertz CT molecular complexity index is 1460. The highest BCUT2D eigenvalue weighted by Crippen LogP contribution is 2.45. The van der Waals surface area contributed by atoms with Gasteiger partial charge in [0.2, 0.25) is 0 Å². The summed E-state index contributed by atoms with van der Waals surface area (Å²) in [7, 11) is -0.150. The van der Waals surface area contributed by atoms with Gasteiger partial charge in [-0.05, 0) is 121 Å². The highest BCUT2D eigenvalue weighted by Gasteiger charge is 2.35. The molecule has 0 aromatic carbocycles. The Morgan fingerprint density at radius 2 is 1.27 bits per heavy atom. The summed E-state index contributed by atoms with van der Waals surface area (Å²) in [6.45, 7) is 19.8. The van der Waals surface area contributed by atoms with Gasteiger partial charge in [-0.2, -0.15) is 0 Å². The van der Waals surface area contributed by atoms with Gasteiger partial charge < -0.3 is 29.7 Å². The first-order chi connectivity index (χ1) is 30.8. The van der Waals surface area contributed by atoms with Gasteiger partial charge in [-0.1, -0.05) is 131 Å². The lowest BCUT2D eigenvalue weighted by atomic mass is 9.73. The van der Waals surface area contributed by atoms with Crippen molar-refractivity contribution in [1.29, 1.82) is 0 Å². The highest BCUT2D eigenvalue weighted by molar-refractivity contribution is 7.47. The van der Waals surface area contributed by atoms with Crippen LogP contribution in [0.3, 0.4) is 0 Å². The first-order valence-electron chi connectivity index (χ1n) is 25.7. The van der Waals surface area contributed by atoms with Crippen molar-refractivity contribution in [3.63, 3.8) is 0 Å². The number of carbonyl (C=O) groups is 3. The Morgan fingerprint density at radius 3 is 1.82 bits per heavy atom. The van der Waals surface area contributed by atoms with Gasteiger partial charge in [0, 0.05) is 17.5 Å². The average Bonchev–Trinajstić information content (AvgIpc) is 3.17. The molecular weight excluding hydrogens is 856 g/mol. The quantitative estimate of drug-likeness (QED) is 0.108. The molecule has 5 unspecified atom stereocenters. The van der Waals surface area contributed by atoms with E-state index in [0.29, 0.717) is 25.9 Å². The molecule has 66 heavy (non-hydrogen) atoms. The van der Waals surface area contributed by atoms with Gasteiger partial charge in [0.1, 0.15) is 6.10 Å². The van der Waals surface area contributed by atoms with E-state index in [4.69, 9.17) is 29.0 Å². The molecule has 0 aliphatic carbocycles. The zero-order chi connectivity index (χ0) is 49.7. The molecule has 1 aliphatic heterocycles. The molecule has 0 spiro atoms. The number of rotatable bonds is 7. The zero-order valence-corrected chi connectivity index (χ0v) is 44.8. The second-order valence-corrected chi connectivity index (χ2v) is 24.4. The molecule has 1 aliphatic rings. The molecule has 0 fully saturated rings. The molecule has 3 N–H and O–H groups in total. The number of ether oxygens (including phenoxy) is 3. The molecule has 0 radical (unpaired) electrons. The van der Waals surface area contributed by atoms with Crippen molar-refractivity contribution in [1.82, 2.24) is 4.90 Å². The Labute approximate surface area is 403 Å². The molecule has 386 valence electrons. The molecule has 0 saturated heterocycles. The monoisotopic (exact) mass is 955 g/mol. The van der Waals surface area contributed by atoms with Crippen molar-refractivity contribution in [2.45, 2.75) is 222 Å². The van der Waals surface area contributed by atoms with Crippen molar-refractivity contribution in [3.05, 3.63) is 24.3 Å². The predicted octanol–water partition coefficient (Wildman–Crippen LogP) is 12.8. The molecule has 5 atom stereocenters. The summed E-state index contributed by atoms with van der Waals surface area (Å²) in [6, 6.07) is 0. The highest BCUT2D eigenvalue weighted by atomic mass is 31.2. The fourth-order valence-electron chi connectivity index (χ4n) is 9.75. The van der Waals surface area contributed by atoms with E-state index in [1.807, 2.05) is 32.9 Å². The van der Waals surface area contributed by atoms with Gasteiger partial charge in [-0.25, -0.2) is 4.57 Å². The Kier molecular flexibility index (Phi) is 30.7. The van der Waals surface area contributed by atoms with Crippen LogP contribution < -0.4 is 5.73 Å². The van der Waals surface area contributed by atoms with E-state index in [9.17, 15) is 23.8 Å². The fraction of sp³-hybridized carbons (Fsp3) is 0.868. The van der Waals surface area contributed by atoms with Gasteiger partial charge in [0.15, 0.2) is 0 Å². The van der Waals surface area contributed by atoms with Gasteiger partial charge in [-0.15, -0.1) is 0 Å². The maximum Gasteiger partial charge on any atom is 0.472 e. The van der Waals surface area contributed by atoms with Crippen LogP contribution in [0.1, 0.15) is 210 Å². The number of carbonyl (C=O) groups excluding carboxylic acids is 3. The van der Waals surface area contributed by atoms with Crippen molar-refractivity contribution in [2.24, 2.45) is 33.8 Å². The van der Waals surface area contributed by atoms with E-state index in [1.165, 1.54) is 6.42 Å². The number of allylic oxidation sites excluding steroid dienone is 2. The standard InChI is InChI=1S/C53H99N2O10P/c1-44-34-35-61-47(56)32-28-24-20-16-12-14-18-22-26-30-46(65-49(58)37-50(3,4)39-51(5,6)41-55(10)11)31-27-23-19-15-13-17-21-25-29-33-48(57)62-42-52(7,8)40-53(9,54)43-64-66(59,60)63-38-45(2)36-44/h24-25,28-29,44-46H,12-23,26-27,30-43,54H2,1-11H3,(H,59,60). The minimum atomic E-state index is -4.35. The minimum absolute atomic E-state index is 0.0249. The van der Waals surface area contributed by atoms with Crippen molar-refractivity contribution >= 4 is 25.7 Å². The summed E-state index contributed by atoms with van der Waals surface area (Å²) in [4.78, 5) is 50.8. The van der Waals surface area contributed by atoms with Crippen LogP contribution in [0, 0.1) is 28.1 Å². The number of cyclic esters (lactones) is 2. The molecule has 12 nitrogen and oxygen atoms in total. The lowest BCUT2D eigenvalue weighted by Gasteiger charge is -2.36. The van der Waals surface area contributed by atoms with Gasteiger partial charge in [-0.3, -0.25) is 23.4 Å². The topological polar surface area (TPSA) is 164 Å². The Hall–Kier alpha value is -2.08. The molecule has 0 bridgehead atoms. The first-order valence-corrected chi connectivity index (χ1v) is 27.2. The summed E-state index contributed by atoms with van der Waals surface area (Å²) in [5.74, 6) is -0.427. The normalized spacial score (nSPS) is 28.1. The van der Waals surface area contributed by atoms with Crippen LogP contribution in [0.2, 0.25) is 0 Å². The molecule has 13 heteroatoms. The second kappa shape index (κ2) is 32.7. The Morgan fingerprint density at radius 1 is 0.758 bits per heavy atom. The predicted molar refractivity (Wildman–Crippen MR) is 269 cm³/mol. The summed E-state index contributed by atoms with van der Waals surface area (Å²) in [5, 5.41) is 0. The third-order valence-corrected chi connectivity index (χ3v) is 13.0. The van der Waals surface area contributed by atoms with E-state index >= 15 is 0 Å². The van der Waals surface area contributed by atoms with Crippen molar-refractivity contribution in [3.8, 4) is 0 Å². The second-order valence-electron chi connectivity index (χ2n) is 22.9. The molecule has 0 aromatic heterocycles. The van der Waals surface area contributed by atoms with Crippen LogP contribution in [0.15, 0.2) is 24.3 Å². The SMILES string of the molecule is CC1CCOC(=O)CC=CCCCCCCCCC(OC(=O)CC(C)(C)CC(C)(C)CN(C)C)CCCCCCCCC=CCC(=O)OCC(C)(C)CC(C)(N)COP(=O)(O)OCC(C)C1. The lowest BCUT2D eigenvalue weighted by molar-refractivity contribution is -0.153. The van der Waals surface area contributed by atoms with E-state index in [0.717, 1.165) is 116 Å². The Balaban J connectivity index is 2.80. The number of esters is 3. The summed E-state index contributed by atoms with van der Waals surface area (Å²) in [5.41, 5.74) is 4.97. The van der Waals surface area contributed by atoms with Crippen LogP contribution in [0.4, 0.5) is 0 Å². The van der Waals surface area contributed by atoms with Crippen LogP contribution in [0.25, 0.3) is 0 Å².